The van der Waals surface area contributed by atoms with Crippen LogP contribution in [-0.2, 0) is 18.9 Å². The van der Waals surface area contributed by atoms with E-state index in [0.717, 1.165) is 74.0 Å². The zero-order valence-electron chi connectivity index (χ0n) is 20.5. The van der Waals surface area contributed by atoms with E-state index in [0.29, 0.717) is 13.2 Å². The van der Waals surface area contributed by atoms with Gasteiger partial charge in [0.2, 0.25) is 0 Å². The van der Waals surface area contributed by atoms with Crippen LogP contribution in [0.4, 0.5) is 0 Å². The first-order valence-corrected chi connectivity index (χ1v) is 12.5. The first-order valence-electron chi connectivity index (χ1n) is 12.5. The highest BCUT2D eigenvalue weighted by atomic mass is 16.7. The Balaban J connectivity index is 1.35. The molecule has 0 spiro atoms. The van der Waals surface area contributed by atoms with Gasteiger partial charge in [-0.1, -0.05) is 59.8 Å². The molecule has 0 saturated carbocycles. The third-order valence-corrected chi connectivity index (χ3v) is 5.72. The molecule has 0 bridgehead atoms. The molecule has 2 saturated heterocycles. The van der Waals surface area contributed by atoms with Crippen LogP contribution in [0.1, 0.15) is 60.8 Å². The third kappa shape index (κ3) is 8.63. The molecular weight excluding hydrogens is 448 g/mol. The SMILES string of the molecule is C(C#Cc1ccccc1C#CCOC1CCCCO1)#Cc1ccccc1C#CCOC1CCCCO1. The van der Waals surface area contributed by atoms with Crippen LogP contribution < -0.4 is 0 Å². The lowest BCUT2D eigenvalue weighted by Gasteiger charge is -2.21. The molecule has 0 aliphatic carbocycles. The Morgan fingerprint density at radius 1 is 0.583 bits per heavy atom. The summed E-state index contributed by atoms with van der Waals surface area (Å²) in [4.78, 5) is 0. The maximum atomic E-state index is 5.69. The number of ether oxygens (including phenoxy) is 4. The lowest BCUT2D eigenvalue weighted by atomic mass is 10.1. The van der Waals surface area contributed by atoms with Crippen molar-refractivity contribution in [1.29, 1.82) is 0 Å². The van der Waals surface area contributed by atoms with Crippen molar-refractivity contribution < 1.29 is 18.9 Å². The largest absolute Gasteiger partial charge is 0.353 e. The number of hydrogen-bond donors (Lipinski definition) is 0. The lowest BCUT2D eigenvalue weighted by Crippen LogP contribution is -2.22. The molecule has 2 fully saturated rings. The van der Waals surface area contributed by atoms with E-state index in [1.165, 1.54) is 0 Å². The van der Waals surface area contributed by atoms with E-state index in [1.54, 1.807) is 0 Å². The Morgan fingerprint density at radius 2 is 1.00 bits per heavy atom. The second-order valence-electron chi connectivity index (χ2n) is 8.41. The quantitative estimate of drug-likeness (QED) is 0.587. The summed E-state index contributed by atoms with van der Waals surface area (Å²) < 4.78 is 22.5. The van der Waals surface area contributed by atoms with Crippen LogP contribution in [0.25, 0.3) is 0 Å². The van der Waals surface area contributed by atoms with Crippen LogP contribution in [0.3, 0.4) is 0 Å². The maximum Gasteiger partial charge on any atom is 0.158 e. The van der Waals surface area contributed by atoms with E-state index in [1.807, 2.05) is 48.5 Å². The van der Waals surface area contributed by atoms with E-state index >= 15 is 0 Å². The molecule has 2 heterocycles. The monoisotopic (exact) mass is 478 g/mol. The van der Waals surface area contributed by atoms with Crippen molar-refractivity contribution in [3.8, 4) is 47.4 Å². The molecule has 2 aromatic rings. The lowest BCUT2D eigenvalue weighted by molar-refractivity contribution is -0.154. The predicted molar refractivity (Wildman–Crippen MR) is 139 cm³/mol. The Bertz CT molecular complexity index is 1140. The van der Waals surface area contributed by atoms with Gasteiger partial charge < -0.3 is 18.9 Å². The summed E-state index contributed by atoms with van der Waals surface area (Å²) in [5.41, 5.74) is 3.38. The van der Waals surface area contributed by atoms with E-state index in [9.17, 15) is 0 Å². The van der Waals surface area contributed by atoms with E-state index < -0.39 is 0 Å². The normalized spacial score (nSPS) is 18.7. The van der Waals surface area contributed by atoms with Gasteiger partial charge in [-0.05, 0) is 74.6 Å². The molecule has 2 aromatic carbocycles. The van der Waals surface area contributed by atoms with Gasteiger partial charge in [-0.2, -0.15) is 0 Å². The van der Waals surface area contributed by atoms with Crippen molar-refractivity contribution in [3.63, 3.8) is 0 Å². The minimum Gasteiger partial charge on any atom is -0.353 e. The van der Waals surface area contributed by atoms with Gasteiger partial charge in [-0.25, -0.2) is 0 Å². The summed E-state index contributed by atoms with van der Waals surface area (Å²) in [7, 11) is 0. The first-order chi connectivity index (χ1) is 17.9. The highest BCUT2D eigenvalue weighted by molar-refractivity contribution is 5.55. The van der Waals surface area contributed by atoms with E-state index in [4.69, 9.17) is 18.9 Å². The summed E-state index contributed by atoms with van der Waals surface area (Å²) >= 11 is 0. The van der Waals surface area contributed by atoms with Crippen molar-refractivity contribution in [2.24, 2.45) is 0 Å². The molecule has 4 rings (SSSR count). The summed E-state index contributed by atoms with van der Waals surface area (Å²) in [6, 6.07) is 15.6. The van der Waals surface area contributed by atoms with Crippen molar-refractivity contribution in [2.75, 3.05) is 26.4 Å². The molecule has 182 valence electrons. The average molecular weight is 479 g/mol. The van der Waals surface area contributed by atoms with Crippen LogP contribution in [0, 0.1) is 47.4 Å². The summed E-state index contributed by atoms with van der Waals surface area (Å²) in [5.74, 6) is 24.6. The van der Waals surface area contributed by atoms with Gasteiger partial charge in [-0.15, -0.1) is 0 Å². The van der Waals surface area contributed by atoms with Gasteiger partial charge in [0, 0.05) is 35.5 Å². The smallest absolute Gasteiger partial charge is 0.158 e. The van der Waals surface area contributed by atoms with Gasteiger partial charge in [0.1, 0.15) is 13.2 Å². The van der Waals surface area contributed by atoms with Gasteiger partial charge in [0.05, 0.1) is 0 Å². The third-order valence-electron chi connectivity index (χ3n) is 5.72. The maximum absolute atomic E-state index is 5.69. The van der Waals surface area contributed by atoms with Crippen molar-refractivity contribution in [1.82, 2.24) is 0 Å². The van der Waals surface area contributed by atoms with Crippen molar-refractivity contribution >= 4 is 0 Å². The van der Waals surface area contributed by atoms with Crippen LogP contribution in [0.5, 0.6) is 0 Å². The molecule has 4 heteroatoms. The highest BCUT2D eigenvalue weighted by Gasteiger charge is 2.13. The summed E-state index contributed by atoms with van der Waals surface area (Å²) in [5, 5.41) is 0. The molecule has 36 heavy (non-hydrogen) atoms. The molecule has 2 aliphatic rings. The Kier molecular flexibility index (Phi) is 10.5. The highest BCUT2D eigenvalue weighted by Crippen LogP contribution is 2.14. The summed E-state index contributed by atoms with van der Waals surface area (Å²) in [6.45, 7) is 2.20. The van der Waals surface area contributed by atoms with Crippen LogP contribution in [-0.4, -0.2) is 39.0 Å². The van der Waals surface area contributed by atoms with Gasteiger partial charge >= 0.3 is 0 Å². The Labute approximate surface area is 214 Å². The van der Waals surface area contributed by atoms with Gasteiger partial charge in [-0.3, -0.25) is 0 Å². The second kappa shape index (κ2) is 14.8. The summed E-state index contributed by atoms with van der Waals surface area (Å²) in [6.07, 6.45) is 6.07. The second-order valence-corrected chi connectivity index (χ2v) is 8.41. The fourth-order valence-electron chi connectivity index (χ4n) is 3.82. The molecule has 2 aliphatic heterocycles. The zero-order chi connectivity index (χ0) is 24.7. The van der Waals surface area contributed by atoms with E-state index in [-0.39, 0.29) is 12.6 Å². The molecule has 2 atom stereocenters. The zero-order valence-corrected chi connectivity index (χ0v) is 20.5. The van der Waals surface area contributed by atoms with Crippen molar-refractivity contribution in [2.45, 2.75) is 51.1 Å². The average Bonchev–Trinajstić information content (AvgIpc) is 2.94. The molecule has 2 unspecified atom stereocenters. The predicted octanol–water partition coefficient (Wildman–Crippen LogP) is 4.88. The number of rotatable bonds is 4. The molecular formula is C32H30O4. The fourth-order valence-corrected chi connectivity index (χ4v) is 3.82. The molecule has 0 aromatic heterocycles. The first kappa shape index (κ1) is 25.6. The van der Waals surface area contributed by atoms with Gasteiger partial charge in [0.15, 0.2) is 12.6 Å². The Hall–Kier alpha value is -3.48. The Morgan fingerprint density at radius 3 is 1.39 bits per heavy atom. The molecule has 0 N–H and O–H groups in total. The number of benzene rings is 2. The fraction of sp³-hybridized carbons (Fsp3) is 0.375. The van der Waals surface area contributed by atoms with Crippen molar-refractivity contribution in [3.05, 3.63) is 70.8 Å². The molecule has 0 radical (unpaired) electrons. The van der Waals surface area contributed by atoms with Crippen LogP contribution in [0.15, 0.2) is 48.5 Å². The number of hydrogen-bond acceptors (Lipinski definition) is 4. The van der Waals surface area contributed by atoms with E-state index in [2.05, 4.69) is 47.4 Å². The minimum absolute atomic E-state index is 0.135. The topological polar surface area (TPSA) is 36.9 Å². The van der Waals surface area contributed by atoms with Gasteiger partial charge in [0.25, 0.3) is 0 Å². The minimum atomic E-state index is -0.135. The van der Waals surface area contributed by atoms with Crippen LogP contribution >= 0.6 is 0 Å². The standard InChI is InChI=1S/C32H30O4/c1(13-27-15-3-5-17-29(27)19-11-25-35-31-21-7-9-23-33-31)2-14-28-16-4-6-18-30(28)20-12-26-36-32-22-8-10-24-34-32/h3-6,15-18,31-32H,7-10,21-26H2. The van der Waals surface area contributed by atoms with Crippen LogP contribution in [0.2, 0.25) is 0 Å². The molecule has 0 amide bonds. The molecule has 4 nitrogen and oxygen atoms in total.